The summed E-state index contributed by atoms with van der Waals surface area (Å²) in [5, 5.41) is 4.55. The molecule has 0 radical (unpaired) electrons. The molecule has 1 aliphatic rings. The molecule has 1 aromatic heterocycles. The zero-order chi connectivity index (χ0) is 13.2. The third-order valence-corrected chi connectivity index (χ3v) is 4.14. The maximum Gasteiger partial charge on any atom is 0.250 e. The summed E-state index contributed by atoms with van der Waals surface area (Å²) in [6, 6.07) is 10.2. The lowest BCUT2D eigenvalue weighted by atomic mass is 9.89. The van der Waals surface area contributed by atoms with Crippen molar-refractivity contribution in [2.75, 3.05) is 13.1 Å². The lowest BCUT2D eigenvalue weighted by Gasteiger charge is -2.23. The summed E-state index contributed by atoms with van der Waals surface area (Å²) in [6.45, 7) is 4.94. The van der Waals surface area contributed by atoms with Crippen LogP contribution < -0.4 is 10.9 Å². The van der Waals surface area contributed by atoms with Gasteiger partial charge in [-0.2, -0.15) is 0 Å². The maximum absolute atomic E-state index is 11.9. The smallest absolute Gasteiger partial charge is 0.250 e. The lowest BCUT2D eigenvalue weighted by molar-refractivity contribution is 0.460. The van der Waals surface area contributed by atoms with Crippen LogP contribution in [-0.2, 0) is 6.54 Å². The molecular formula is C16H20N2O. The van der Waals surface area contributed by atoms with Gasteiger partial charge in [-0.05, 0) is 61.9 Å². The van der Waals surface area contributed by atoms with E-state index >= 15 is 0 Å². The summed E-state index contributed by atoms with van der Waals surface area (Å²) in [7, 11) is 0. The van der Waals surface area contributed by atoms with E-state index in [-0.39, 0.29) is 5.56 Å². The van der Waals surface area contributed by atoms with Gasteiger partial charge in [0.1, 0.15) is 0 Å². The highest BCUT2D eigenvalue weighted by atomic mass is 16.1. The number of hydrogen-bond acceptors (Lipinski definition) is 2. The van der Waals surface area contributed by atoms with Crippen LogP contribution in [0.3, 0.4) is 0 Å². The molecule has 3 nitrogen and oxygen atoms in total. The lowest BCUT2D eigenvalue weighted by Crippen LogP contribution is -2.26. The fourth-order valence-electron chi connectivity index (χ4n) is 3.04. The van der Waals surface area contributed by atoms with Crippen LogP contribution in [0.25, 0.3) is 10.9 Å². The van der Waals surface area contributed by atoms with Crippen molar-refractivity contribution in [3.8, 4) is 0 Å². The van der Waals surface area contributed by atoms with Gasteiger partial charge in [0.2, 0.25) is 0 Å². The number of hydrogen-bond donors (Lipinski definition) is 1. The summed E-state index contributed by atoms with van der Waals surface area (Å²) >= 11 is 0. The molecule has 2 heterocycles. The minimum atomic E-state index is 0.0949. The second kappa shape index (κ2) is 5.17. The van der Waals surface area contributed by atoms with E-state index in [1.807, 2.05) is 17.6 Å². The topological polar surface area (TPSA) is 34.0 Å². The normalized spacial score (nSPS) is 16.9. The average Bonchev–Trinajstić information content (AvgIpc) is 2.47. The molecule has 19 heavy (non-hydrogen) atoms. The van der Waals surface area contributed by atoms with Crippen molar-refractivity contribution >= 4 is 10.9 Å². The monoisotopic (exact) mass is 256 g/mol. The first kappa shape index (κ1) is 12.4. The maximum atomic E-state index is 11.9. The Morgan fingerprint density at radius 2 is 1.95 bits per heavy atom. The van der Waals surface area contributed by atoms with Crippen LogP contribution in [-0.4, -0.2) is 17.7 Å². The molecule has 1 aliphatic heterocycles. The Hall–Kier alpha value is -1.61. The van der Waals surface area contributed by atoms with E-state index in [0.717, 1.165) is 30.5 Å². The van der Waals surface area contributed by atoms with Crippen LogP contribution in [0.1, 0.15) is 31.2 Å². The number of pyridine rings is 1. The van der Waals surface area contributed by atoms with Crippen molar-refractivity contribution in [2.45, 2.75) is 32.2 Å². The molecule has 0 amide bonds. The molecule has 1 fully saturated rings. The van der Waals surface area contributed by atoms with E-state index in [1.54, 1.807) is 6.07 Å². The molecule has 1 saturated heterocycles. The van der Waals surface area contributed by atoms with Crippen LogP contribution in [0.2, 0.25) is 0 Å². The predicted molar refractivity (Wildman–Crippen MR) is 78.7 cm³/mol. The summed E-state index contributed by atoms with van der Waals surface area (Å²) in [5.41, 5.74) is 2.55. The first-order valence-corrected chi connectivity index (χ1v) is 7.14. The number of aryl methyl sites for hydroxylation is 1. The number of benzene rings is 1. The van der Waals surface area contributed by atoms with Crippen LogP contribution in [0, 0.1) is 0 Å². The highest BCUT2D eigenvalue weighted by molar-refractivity contribution is 5.79. The highest BCUT2D eigenvalue weighted by Crippen LogP contribution is 2.27. The number of rotatable bonds is 2. The van der Waals surface area contributed by atoms with Crippen LogP contribution in [0.15, 0.2) is 35.1 Å². The third-order valence-electron chi connectivity index (χ3n) is 4.14. The van der Waals surface area contributed by atoms with Crippen molar-refractivity contribution in [3.05, 3.63) is 46.2 Å². The first-order chi connectivity index (χ1) is 9.29. The molecular weight excluding hydrogens is 236 g/mol. The van der Waals surface area contributed by atoms with E-state index in [4.69, 9.17) is 0 Å². The predicted octanol–water partition coefficient (Wildman–Crippen LogP) is 2.49. The molecule has 100 valence electrons. The number of nitrogens with one attached hydrogen (secondary N) is 1. The van der Waals surface area contributed by atoms with E-state index in [2.05, 4.69) is 23.5 Å². The van der Waals surface area contributed by atoms with Crippen LogP contribution >= 0.6 is 0 Å². The Morgan fingerprint density at radius 3 is 2.68 bits per heavy atom. The SMILES string of the molecule is CCn1c(=O)ccc2ccc(C3CCNCC3)cc21. The zero-order valence-corrected chi connectivity index (χ0v) is 11.4. The van der Waals surface area contributed by atoms with Crippen LogP contribution in [0.5, 0.6) is 0 Å². The second-order valence-electron chi connectivity index (χ2n) is 5.26. The second-order valence-corrected chi connectivity index (χ2v) is 5.26. The molecule has 1 aromatic carbocycles. The van der Waals surface area contributed by atoms with Crippen molar-refractivity contribution < 1.29 is 0 Å². The van der Waals surface area contributed by atoms with E-state index in [1.165, 1.54) is 18.4 Å². The third kappa shape index (κ3) is 2.30. The number of nitrogens with zero attached hydrogens (tertiary/aromatic N) is 1. The number of aromatic nitrogens is 1. The van der Waals surface area contributed by atoms with Gasteiger partial charge in [-0.1, -0.05) is 12.1 Å². The Morgan fingerprint density at radius 1 is 1.21 bits per heavy atom. The van der Waals surface area contributed by atoms with E-state index in [9.17, 15) is 4.79 Å². The summed E-state index contributed by atoms with van der Waals surface area (Å²) in [6.07, 6.45) is 2.38. The summed E-state index contributed by atoms with van der Waals surface area (Å²) in [4.78, 5) is 11.9. The molecule has 0 bridgehead atoms. The Bertz CT molecular complexity index is 639. The fourth-order valence-corrected chi connectivity index (χ4v) is 3.04. The average molecular weight is 256 g/mol. The zero-order valence-electron chi connectivity index (χ0n) is 11.4. The fraction of sp³-hybridized carbons (Fsp3) is 0.438. The standard InChI is InChI=1S/C16H20N2O/c1-2-18-15-11-14(12-7-9-17-10-8-12)4-3-13(15)5-6-16(18)19/h3-6,11-12,17H,2,7-10H2,1H3. The van der Waals surface area contributed by atoms with E-state index in [0.29, 0.717) is 5.92 Å². The highest BCUT2D eigenvalue weighted by Gasteiger charge is 2.15. The van der Waals surface area contributed by atoms with Crippen molar-refractivity contribution in [1.29, 1.82) is 0 Å². The Balaban J connectivity index is 2.10. The minimum Gasteiger partial charge on any atom is -0.317 e. The molecule has 1 N–H and O–H groups in total. The van der Waals surface area contributed by atoms with Gasteiger partial charge in [-0.3, -0.25) is 4.79 Å². The molecule has 0 saturated carbocycles. The van der Waals surface area contributed by atoms with E-state index < -0.39 is 0 Å². The summed E-state index contributed by atoms with van der Waals surface area (Å²) < 4.78 is 1.86. The van der Waals surface area contributed by atoms with Gasteiger partial charge in [-0.25, -0.2) is 0 Å². The van der Waals surface area contributed by atoms with Gasteiger partial charge in [0.15, 0.2) is 0 Å². The first-order valence-electron chi connectivity index (χ1n) is 7.14. The molecule has 0 unspecified atom stereocenters. The molecule has 0 spiro atoms. The van der Waals surface area contributed by atoms with Gasteiger partial charge in [0.05, 0.1) is 5.52 Å². The Labute approximate surface area is 113 Å². The molecule has 2 aromatic rings. The van der Waals surface area contributed by atoms with Gasteiger partial charge < -0.3 is 9.88 Å². The minimum absolute atomic E-state index is 0.0949. The van der Waals surface area contributed by atoms with Crippen molar-refractivity contribution in [3.63, 3.8) is 0 Å². The van der Waals surface area contributed by atoms with Gasteiger partial charge >= 0.3 is 0 Å². The molecule has 0 atom stereocenters. The Kier molecular flexibility index (Phi) is 3.38. The van der Waals surface area contributed by atoms with Crippen molar-refractivity contribution in [2.24, 2.45) is 0 Å². The van der Waals surface area contributed by atoms with Crippen LogP contribution in [0.4, 0.5) is 0 Å². The summed E-state index contributed by atoms with van der Waals surface area (Å²) in [5.74, 6) is 0.631. The molecule has 3 rings (SSSR count). The number of fused-ring (bicyclic) bond motifs is 1. The van der Waals surface area contributed by atoms with Gasteiger partial charge in [-0.15, -0.1) is 0 Å². The molecule has 0 aliphatic carbocycles. The number of piperidine rings is 1. The molecule has 3 heteroatoms. The largest absolute Gasteiger partial charge is 0.317 e. The van der Waals surface area contributed by atoms with Crippen molar-refractivity contribution in [1.82, 2.24) is 9.88 Å². The van der Waals surface area contributed by atoms with Gasteiger partial charge in [0.25, 0.3) is 5.56 Å². The van der Waals surface area contributed by atoms with Gasteiger partial charge in [0, 0.05) is 12.6 Å². The quantitative estimate of drug-likeness (QED) is 0.895.